The number of carbonyl (C=O) groups is 2. The molecule has 0 unspecified atom stereocenters. The number of hydrogen-bond donors (Lipinski definition) is 3. The van der Waals surface area contributed by atoms with Gasteiger partial charge in [-0.05, 0) is 43.3 Å². The lowest BCUT2D eigenvalue weighted by atomic mass is 10.1. The molecule has 3 N–H and O–H groups in total. The Kier molecular flexibility index (Phi) is 6.64. The van der Waals surface area contributed by atoms with Crippen molar-refractivity contribution in [2.24, 2.45) is 0 Å². The third kappa shape index (κ3) is 5.29. The number of hydrogen-bond acceptors (Lipinski definition) is 4. The van der Waals surface area contributed by atoms with Crippen LogP contribution in [0.25, 0.3) is 0 Å². The van der Waals surface area contributed by atoms with Crippen molar-refractivity contribution >= 4 is 29.3 Å². The third-order valence-corrected chi connectivity index (χ3v) is 5.20. The van der Waals surface area contributed by atoms with Gasteiger partial charge in [0.2, 0.25) is 0 Å². The Morgan fingerprint density at radius 2 is 1.89 bits per heavy atom. The van der Waals surface area contributed by atoms with Crippen molar-refractivity contribution in [2.75, 3.05) is 22.5 Å². The van der Waals surface area contributed by atoms with Gasteiger partial charge in [-0.15, -0.1) is 0 Å². The van der Waals surface area contributed by atoms with Crippen molar-refractivity contribution < 1.29 is 36.3 Å². The second kappa shape index (κ2) is 9.68. The summed E-state index contributed by atoms with van der Waals surface area (Å²) in [5.41, 5.74) is -1.57. The van der Waals surface area contributed by atoms with E-state index in [1.54, 1.807) is 6.92 Å². The number of urea groups is 2. The first-order chi connectivity index (χ1) is 17.0. The van der Waals surface area contributed by atoms with E-state index < -0.39 is 35.1 Å². The maximum absolute atomic E-state index is 14.7. The summed E-state index contributed by atoms with van der Waals surface area (Å²) < 4.78 is 73.0. The highest BCUT2D eigenvalue weighted by atomic mass is 19.4. The number of fused-ring (bicyclic) bond motifs is 1. The summed E-state index contributed by atoms with van der Waals surface area (Å²) in [5.74, 6) is -1.65. The standard InChI is InChI=1S/C23H18F5N5O3/c1-2-33-11-14-18(7-8-29-20(14)32-22(33)35)36-19-6-4-13(10-16(19)25)30-21(34)31-17-5-3-12(24)9-15(17)23(26,27)28/h3-10H,2,11H2,1H3,(H,29,32,35)(H2,30,31,34). The van der Waals surface area contributed by atoms with Gasteiger partial charge in [0.1, 0.15) is 17.4 Å². The van der Waals surface area contributed by atoms with Crippen molar-refractivity contribution in [3.63, 3.8) is 0 Å². The van der Waals surface area contributed by atoms with Gasteiger partial charge >= 0.3 is 18.2 Å². The summed E-state index contributed by atoms with van der Waals surface area (Å²) in [5, 5.41) is 6.82. The zero-order valence-corrected chi connectivity index (χ0v) is 18.5. The molecular formula is C23H18F5N5O3. The number of nitrogens with zero attached hydrogens (tertiary/aromatic N) is 2. The first-order valence-electron chi connectivity index (χ1n) is 10.5. The second-order valence-electron chi connectivity index (χ2n) is 7.59. The Bertz CT molecular complexity index is 1330. The number of amides is 4. The topological polar surface area (TPSA) is 95.6 Å². The SMILES string of the molecule is CCN1Cc2c(Oc3ccc(NC(=O)Nc4ccc(F)cc4C(F)(F)F)cc3F)ccnc2NC1=O. The van der Waals surface area contributed by atoms with E-state index in [2.05, 4.69) is 15.6 Å². The number of alkyl halides is 3. The minimum Gasteiger partial charge on any atom is -0.454 e. The van der Waals surface area contributed by atoms with E-state index in [0.29, 0.717) is 12.1 Å². The molecule has 0 saturated carbocycles. The lowest BCUT2D eigenvalue weighted by Crippen LogP contribution is -2.38. The second-order valence-corrected chi connectivity index (χ2v) is 7.59. The van der Waals surface area contributed by atoms with Crippen LogP contribution in [-0.4, -0.2) is 28.5 Å². The molecule has 2 aromatic carbocycles. The van der Waals surface area contributed by atoms with Gasteiger partial charge in [-0.1, -0.05) is 0 Å². The van der Waals surface area contributed by atoms with Crippen LogP contribution in [-0.2, 0) is 12.7 Å². The normalized spacial score (nSPS) is 13.1. The Balaban J connectivity index is 1.48. The smallest absolute Gasteiger partial charge is 0.418 e. The van der Waals surface area contributed by atoms with Crippen LogP contribution in [0.1, 0.15) is 18.1 Å². The molecule has 0 radical (unpaired) electrons. The fourth-order valence-corrected chi connectivity index (χ4v) is 3.45. The summed E-state index contributed by atoms with van der Waals surface area (Å²) >= 11 is 0. The Morgan fingerprint density at radius 3 is 2.58 bits per heavy atom. The third-order valence-electron chi connectivity index (χ3n) is 5.20. The molecular weight excluding hydrogens is 489 g/mol. The molecule has 0 spiro atoms. The van der Waals surface area contributed by atoms with E-state index in [-0.39, 0.29) is 41.6 Å². The molecule has 0 fully saturated rings. The van der Waals surface area contributed by atoms with E-state index in [9.17, 15) is 31.5 Å². The maximum atomic E-state index is 14.7. The van der Waals surface area contributed by atoms with Crippen molar-refractivity contribution in [3.05, 3.63) is 71.4 Å². The van der Waals surface area contributed by atoms with Crippen molar-refractivity contribution in [1.29, 1.82) is 0 Å². The van der Waals surface area contributed by atoms with Crippen LogP contribution in [0.5, 0.6) is 11.5 Å². The number of pyridine rings is 1. The van der Waals surface area contributed by atoms with Gasteiger partial charge in [-0.2, -0.15) is 13.2 Å². The molecule has 36 heavy (non-hydrogen) atoms. The zero-order valence-electron chi connectivity index (χ0n) is 18.5. The number of nitrogens with one attached hydrogen (secondary N) is 3. The van der Waals surface area contributed by atoms with Crippen LogP contribution in [0.15, 0.2) is 48.7 Å². The molecule has 0 bridgehead atoms. The van der Waals surface area contributed by atoms with Crippen molar-refractivity contribution in [3.8, 4) is 11.5 Å². The molecule has 0 saturated heterocycles. The van der Waals surface area contributed by atoms with Gasteiger partial charge in [0.25, 0.3) is 0 Å². The fourth-order valence-electron chi connectivity index (χ4n) is 3.45. The average Bonchev–Trinajstić information content (AvgIpc) is 2.81. The molecule has 13 heteroatoms. The molecule has 1 aliphatic rings. The summed E-state index contributed by atoms with van der Waals surface area (Å²) in [6.07, 6.45) is -3.52. The molecule has 1 aliphatic heterocycles. The van der Waals surface area contributed by atoms with Gasteiger partial charge in [0, 0.05) is 24.5 Å². The van der Waals surface area contributed by atoms with E-state index >= 15 is 0 Å². The molecule has 188 valence electrons. The molecule has 3 aromatic rings. The first kappa shape index (κ1) is 24.7. The number of ether oxygens (including phenoxy) is 1. The molecule has 0 atom stereocenters. The van der Waals surface area contributed by atoms with E-state index in [4.69, 9.17) is 4.74 Å². The number of carbonyl (C=O) groups excluding carboxylic acids is 2. The number of halogens is 5. The molecule has 4 rings (SSSR count). The van der Waals surface area contributed by atoms with Gasteiger partial charge in [0.15, 0.2) is 11.6 Å². The van der Waals surface area contributed by atoms with Crippen LogP contribution < -0.4 is 20.7 Å². The number of benzene rings is 2. The van der Waals surface area contributed by atoms with Gasteiger partial charge in [-0.25, -0.2) is 23.4 Å². The van der Waals surface area contributed by atoms with E-state index in [1.165, 1.54) is 29.3 Å². The fraction of sp³-hybridized carbons (Fsp3) is 0.174. The van der Waals surface area contributed by atoms with Crippen molar-refractivity contribution in [1.82, 2.24) is 9.88 Å². The maximum Gasteiger partial charge on any atom is 0.418 e. The summed E-state index contributed by atoms with van der Waals surface area (Å²) in [4.78, 5) is 29.8. The zero-order chi connectivity index (χ0) is 26.0. The Morgan fingerprint density at radius 1 is 1.11 bits per heavy atom. The lowest BCUT2D eigenvalue weighted by molar-refractivity contribution is -0.137. The van der Waals surface area contributed by atoms with Crippen LogP contribution in [0.3, 0.4) is 0 Å². The van der Waals surface area contributed by atoms with Crippen molar-refractivity contribution in [2.45, 2.75) is 19.6 Å². The van der Waals surface area contributed by atoms with Gasteiger partial charge in [0.05, 0.1) is 23.4 Å². The highest BCUT2D eigenvalue weighted by molar-refractivity contribution is 6.00. The van der Waals surface area contributed by atoms with Gasteiger partial charge < -0.3 is 20.3 Å². The van der Waals surface area contributed by atoms with E-state index in [0.717, 1.165) is 18.2 Å². The lowest BCUT2D eigenvalue weighted by Gasteiger charge is -2.28. The average molecular weight is 507 g/mol. The first-order valence-corrected chi connectivity index (χ1v) is 10.5. The Hall–Kier alpha value is -4.42. The van der Waals surface area contributed by atoms with E-state index in [1.807, 2.05) is 5.32 Å². The summed E-state index contributed by atoms with van der Waals surface area (Å²) in [7, 11) is 0. The molecule has 4 amide bonds. The predicted octanol–water partition coefficient (Wildman–Crippen LogP) is 6.18. The minimum absolute atomic E-state index is 0.0748. The van der Waals surface area contributed by atoms with Crippen LogP contribution in [0.2, 0.25) is 0 Å². The molecule has 2 heterocycles. The number of aromatic nitrogens is 1. The largest absolute Gasteiger partial charge is 0.454 e. The number of rotatable bonds is 5. The monoisotopic (exact) mass is 507 g/mol. The molecule has 0 aliphatic carbocycles. The number of anilines is 3. The van der Waals surface area contributed by atoms with Crippen LogP contribution in [0.4, 0.5) is 48.7 Å². The summed E-state index contributed by atoms with van der Waals surface area (Å²) in [6.45, 7) is 2.42. The highest BCUT2D eigenvalue weighted by Gasteiger charge is 2.34. The molecule has 8 nitrogen and oxygen atoms in total. The summed E-state index contributed by atoms with van der Waals surface area (Å²) in [6, 6.07) is 5.28. The minimum atomic E-state index is -4.90. The molecule has 1 aromatic heterocycles. The predicted molar refractivity (Wildman–Crippen MR) is 120 cm³/mol. The Labute approximate surface area is 201 Å². The highest BCUT2D eigenvalue weighted by Crippen LogP contribution is 2.36. The quantitative estimate of drug-likeness (QED) is 0.359. The van der Waals surface area contributed by atoms with Crippen LogP contribution >= 0.6 is 0 Å². The van der Waals surface area contributed by atoms with Crippen LogP contribution in [0, 0.1) is 11.6 Å². The van der Waals surface area contributed by atoms with Gasteiger partial charge in [-0.3, -0.25) is 5.32 Å².